The monoisotopic (exact) mass is 427 g/mol. The maximum Gasteiger partial charge on any atom is 0.251 e. The lowest BCUT2D eigenvalue weighted by Gasteiger charge is -2.38. The summed E-state index contributed by atoms with van der Waals surface area (Å²) in [5.41, 5.74) is 5.35. The van der Waals surface area contributed by atoms with Gasteiger partial charge in [0, 0.05) is 6.20 Å². The first-order valence-electron chi connectivity index (χ1n) is 9.94. The molecule has 2 atom stereocenters. The van der Waals surface area contributed by atoms with E-state index in [0.29, 0.717) is 0 Å². The van der Waals surface area contributed by atoms with Gasteiger partial charge in [-0.1, -0.05) is 13.0 Å². The average Bonchev–Trinajstić information content (AvgIpc) is 2.71. The molecule has 1 aromatic heterocycles. The Labute approximate surface area is 179 Å². The number of morpholine rings is 1. The van der Waals surface area contributed by atoms with Crippen LogP contribution < -0.4 is 21.7 Å². The summed E-state index contributed by atoms with van der Waals surface area (Å²) < 4.78 is 5.06. The number of primary amides is 1. The fourth-order valence-electron chi connectivity index (χ4n) is 3.43. The first-order chi connectivity index (χ1) is 13.3. The molecule has 0 aliphatic carbocycles. The summed E-state index contributed by atoms with van der Waals surface area (Å²) in [6.45, 7) is 8.57. The zero-order valence-electron chi connectivity index (χ0n) is 17.5. The van der Waals surface area contributed by atoms with Gasteiger partial charge in [-0.15, -0.1) is 12.4 Å². The van der Waals surface area contributed by atoms with Crippen molar-refractivity contribution in [3.8, 4) is 0 Å². The Morgan fingerprint density at radius 1 is 1.38 bits per heavy atom. The van der Waals surface area contributed by atoms with Gasteiger partial charge in [0.2, 0.25) is 5.91 Å². The van der Waals surface area contributed by atoms with Crippen LogP contribution >= 0.6 is 12.4 Å². The van der Waals surface area contributed by atoms with Gasteiger partial charge in [0.15, 0.2) is 5.60 Å². The number of amides is 2. The molecule has 2 amide bonds. The second-order valence-electron chi connectivity index (χ2n) is 7.52. The minimum atomic E-state index is -1.08. The lowest BCUT2D eigenvalue weighted by atomic mass is 9.84. The van der Waals surface area contributed by atoms with E-state index < -0.39 is 11.5 Å². The average molecular weight is 428 g/mol. The van der Waals surface area contributed by atoms with Gasteiger partial charge in [-0.05, 0) is 64.9 Å². The molecule has 0 bridgehead atoms. The molecule has 164 valence electrons. The van der Waals surface area contributed by atoms with E-state index in [0.717, 1.165) is 32.5 Å². The van der Waals surface area contributed by atoms with E-state index in [1.54, 1.807) is 13.8 Å². The van der Waals surface area contributed by atoms with E-state index in [1.807, 2.05) is 12.3 Å². The molecule has 3 rings (SSSR count). The van der Waals surface area contributed by atoms with Crippen LogP contribution in [0.25, 0.3) is 0 Å². The summed E-state index contributed by atoms with van der Waals surface area (Å²) in [6.07, 6.45) is 5.32. The Morgan fingerprint density at radius 2 is 2.07 bits per heavy atom. The zero-order valence-corrected chi connectivity index (χ0v) is 18.3. The number of nitrogens with one attached hydrogen (secondary N) is 3. The summed E-state index contributed by atoms with van der Waals surface area (Å²) in [6, 6.07) is 5.84. The quantitative estimate of drug-likeness (QED) is 0.553. The lowest BCUT2D eigenvalue weighted by molar-refractivity contribution is -0.160. The van der Waals surface area contributed by atoms with Crippen LogP contribution in [0.4, 0.5) is 0 Å². The molecule has 2 saturated heterocycles. The van der Waals surface area contributed by atoms with E-state index >= 15 is 0 Å². The van der Waals surface area contributed by atoms with Crippen LogP contribution in [0.15, 0.2) is 24.4 Å². The predicted molar refractivity (Wildman–Crippen MR) is 115 cm³/mol. The van der Waals surface area contributed by atoms with Gasteiger partial charge in [-0.25, -0.2) is 0 Å². The van der Waals surface area contributed by atoms with Crippen molar-refractivity contribution in [3.63, 3.8) is 0 Å². The minimum absolute atomic E-state index is 0. The molecule has 2 unspecified atom stereocenters. The molecule has 5 N–H and O–H groups in total. The van der Waals surface area contributed by atoms with Crippen LogP contribution in [0.2, 0.25) is 0 Å². The van der Waals surface area contributed by atoms with Crippen molar-refractivity contribution in [1.82, 2.24) is 20.9 Å². The maximum atomic E-state index is 10.9. The molecule has 29 heavy (non-hydrogen) atoms. The molecule has 0 saturated carbocycles. The number of rotatable bonds is 5. The number of nitrogens with two attached hydrogens (primary N) is 1. The highest BCUT2D eigenvalue weighted by Crippen LogP contribution is 2.28. The van der Waals surface area contributed by atoms with Crippen LogP contribution in [0.5, 0.6) is 0 Å². The third-order valence-corrected chi connectivity index (χ3v) is 5.52. The zero-order chi connectivity index (χ0) is 20.6. The molecule has 8 nitrogen and oxygen atoms in total. The van der Waals surface area contributed by atoms with E-state index in [4.69, 9.17) is 10.5 Å². The molecule has 2 aliphatic heterocycles. The maximum absolute atomic E-state index is 10.9. The number of ether oxygens (including phenoxy) is 1. The first-order valence-corrected chi connectivity index (χ1v) is 9.94. The number of pyridine rings is 1. The molecular formula is C20H34ClN5O3. The van der Waals surface area contributed by atoms with Gasteiger partial charge in [-0.3, -0.25) is 14.6 Å². The molecule has 3 heterocycles. The minimum Gasteiger partial charge on any atom is -0.367 e. The number of halogens is 1. The summed E-state index contributed by atoms with van der Waals surface area (Å²) in [4.78, 5) is 26.3. The summed E-state index contributed by atoms with van der Waals surface area (Å²) >= 11 is 0. The Hall–Kier alpha value is -1.74. The molecule has 0 spiro atoms. The van der Waals surface area contributed by atoms with Crippen molar-refractivity contribution in [3.05, 3.63) is 30.1 Å². The van der Waals surface area contributed by atoms with Crippen molar-refractivity contribution in [1.29, 1.82) is 0 Å². The number of carbonyl (C=O) groups excluding carboxylic acids is 2. The summed E-state index contributed by atoms with van der Waals surface area (Å²) in [5, 5.41) is 9.70. The number of aromatic nitrogens is 1. The fraction of sp³-hybridized carbons (Fsp3) is 0.650. The Kier molecular flexibility index (Phi) is 9.98. The van der Waals surface area contributed by atoms with Crippen LogP contribution in [-0.4, -0.2) is 54.7 Å². The van der Waals surface area contributed by atoms with Crippen molar-refractivity contribution >= 4 is 24.2 Å². The van der Waals surface area contributed by atoms with E-state index in [2.05, 4.69) is 40.0 Å². The smallest absolute Gasteiger partial charge is 0.251 e. The number of hydrogen-bond donors (Lipinski definition) is 4. The second-order valence-corrected chi connectivity index (χ2v) is 7.52. The number of hydrogen-bond acceptors (Lipinski definition) is 6. The molecule has 9 heteroatoms. The third-order valence-electron chi connectivity index (χ3n) is 5.52. The molecule has 1 aromatic rings. The second kappa shape index (κ2) is 11.4. The third kappa shape index (κ3) is 6.37. The highest BCUT2D eigenvalue weighted by atomic mass is 35.5. The van der Waals surface area contributed by atoms with E-state index in [-0.39, 0.29) is 36.5 Å². The van der Waals surface area contributed by atoms with Gasteiger partial charge in [-0.2, -0.15) is 0 Å². The van der Waals surface area contributed by atoms with Crippen LogP contribution in [0.1, 0.15) is 45.7 Å². The van der Waals surface area contributed by atoms with Crippen molar-refractivity contribution in [2.45, 2.75) is 57.2 Å². The largest absolute Gasteiger partial charge is 0.367 e. The SMILES string of the molecule is CC1NC(=O)COC1(C)C(N)=O.CCCNC1(c2ccccn2)CCNCC1.Cl. The number of piperidine rings is 1. The Morgan fingerprint density at radius 3 is 2.59 bits per heavy atom. The summed E-state index contributed by atoms with van der Waals surface area (Å²) in [7, 11) is 0. The molecule has 2 aliphatic rings. The molecule has 2 fully saturated rings. The van der Waals surface area contributed by atoms with Gasteiger partial charge in [0.1, 0.15) is 6.61 Å². The highest BCUT2D eigenvalue weighted by Gasteiger charge is 2.42. The van der Waals surface area contributed by atoms with Gasteiger partial charge in [0.05, 0.1) is 17.3 Å². The number of carbonyl (C=O) groups is 2. The molecule has 0 aromatic carbocycles. The van der Waals surface area contributed by atoms with Crippen LogP contribution in [0, 0.1) is 0 Å². The first kappa shape index (κ1) is 25.3. The van der Waals surface area contributed by atoms with E-state index in [1.165, 1.54) is 12.1 Å². The normalized spacial score (nSPS) is 25.6. The Balaban J connectivity index is 0.000000292. The highest BCUT2D eigenvalue weighted by molar-refractivity contribution is 5.87. The lowest BCUT2D eigenvalue weighted by Crippen LogP contribution is -2.63. The fourth-order valence-corrected chi connectivity index (χ4v) is 3.43. The topological polar surface area (TPSA) is 118 Å². The van der Waals surface area contributed by atoms with E-state index in [9.17, 15) is 9.59 Å². The Bertz CT molecular complexity index is 655. The van der Waals surface area contributed by atoms with Crippen LogP contribution in [-0.2, 0) is 19.9 Å². The van der Waals surface area contributed by atoms with Gasteiger partial charge >= 0.3 is 0 Å². The number of nitrogens with zero attached hydrogens (tertiary/aromatic N) is 1. The standard InChI is InChI=1S/C13H21N3.C7H12N2O3.ClH/c1-2-8-16-13(6-10-14-11-7-13)12-5-3-4-9-15-12;1-4-7(2,6(8)11)12-3-5(10)9-4;/h3-5,9,14,16H,2,6-8,10-11H2,1H3;4H,3H2,1-2H3,(H2,8,11)(H,9,10);1H. The van der Waals surface area contributed by atoms with Crippen molar-refractivity contribution in [2.75, 3.05) is 26.2 Å². The summed E-state index contributed by atoms with van der Waals surface area (Å²) in [5.74, 6) is -0.781. The van der Waals surface area contributed by atoms with Gasteiger partial charge in [0.25, 0.3) is 5.91 Å². The van der Waals surface area contributed by atoms with Crippen LogP contribution in [0.3, 0.4) is 0 Å². The van der Waals surface area contributed by atoms with Crippen molar-refractivity contribution in [2.24, 2.45) is 5.73 Å². The predicted octanol–water partition coefficient (Wildman–Crippen LogP) is 0.847. The molecule has 0 radical (unpaired) electrons. The van der Waals surface area contributed by atoms with Crippen molar-refractivity contribution < 1.29 is 14.3 Å². The molecular weight excluding hydrogens is 394 g/mol. The van der Waals surface area contributed by atoms with Gasteiger partial charge < -0.3 is 26.4 Å².